The van der Waals surface area contributed by atoms with Crippen molar-refractivity contribution in [2.45, 2.75) is 40.2 Å². The van der Waals surface area contributed by atoms with Crippen LogP contribution in [-0.4, -0.2) is 24.0 Å². The Balaban J connectivity index is 0.00000288. The molecule has 0 radical (unpaired) electrons. The van der Waals surface area contributed by atoms with E-state index in [2.05, 4.69) is 65.6 Å². The molecule has 0 saturated carbocycles. The average Bonchev–Trinajstić information content (AvgIpc) is 2.96. The predicted molar refractivity (Wildman–Crippen MR) is 115 cm³/mol. The molecule has 2 aromatic rings. The summed E-state index contributed by atoms with van der Waals surface area (Å²) in [6.07, 6.45) is 1.90. The van der Waals surface area contributed by atoms with E-state index in [4.69, 9.17) is 0 Å². The third-order valence-electron chi connectivity index (χ3n) is 3.63. The van der Waals surface area contributed by atoms with Gasteiger partial charge in [0.05, 0.1) is 11.6 Å². The molecule has 1 atom stereocenters. The van der Waals surface area contributed by atoms with Gasteiger partial charge in [-0.05, 0) is 32.3 Å². The van der Waals surface area contributed by atoms with E-state index in [1.54, 1.807) is 11.3 Å². The fourth-order valence-corrected chi connectivity index (χ4v) is 2.96. The van der Waals surface area contributed by atoms with E-state index in [9.17, 15) is 0 Å². The first-order chi connectivity index (χ1) is 11.1. The number of nitrogens with zero attached hydrogens (tertiary/aromatic N) is 2. The molecule has 0 aliphatic heterocycles. The lowest BCUT2D eigenvalue weighted by molar-refractivity contribution is 0.700. The van der Waals surface area contributed by atoms with Crippen molar-refractivity contribution in [2.24, 2.45) is 4.99 Å². The molecule has 4 nitrogen and oxygen atoms in total. The van der Waals surface area contributed by atoms with Gasteiger partial charge in [0.15, 0.2) is 5.96 Å². The molecule has 0 spiro atoms. The van der Waals surface area contributed by atoms with Gasteiger partial charge in [-0.15, -0.1) is 35.3 Å². The summed E-state index contributed by atoms with van der Waals surface area (Å²) in [6.45, 7) is 10.8. The third kappa shape index (κ3) is 6.76. The minimum Gasteiger partial charge on any atom is -0.357 e. The molecule has 2 N–H and O–H groups in total. The van der Waals surface area contributed by atoms with Crippen LogP contribution in [0.2, 0.25) is 0 Å². The Bertz CT molecular complexity index is 637. The molecule has 1 aromatic heterocycles. The second-order valence-corrected chi connectivity index (χ2v) is 7.05. The van der Waals surface area contributed by atoms with Gasteiger partial charge in [0.1, 0.15) is 0 Å². The summed E-state index contributed by atoms with van der Waals surface area (Å²) in [5.74, 6) is 1.29. The highest BCUT2D eigenvalue weighted by atomic mass is 127. The Morgan fingerprint density at radius 3 is 2.50 bits per heavy atom. The second kappa shape index (κ2) is 10.7. The van der Waals surface area contributed by atoms with Crippen LogP contribution in [0.5, 0.6) is 0 Å². The van der Waals surface area contributed by atoms with Crippen LogP contribution in [0.15, 0.2) is 35.5 Å². The van der Waals surface area contributed by atoms with Crippen molar-refractivity contribution in [1.82, 2.24) is 15.6 Å². The summed E-state index contributed by atoms with van der Waals surface area (Å²) in [4.78, 5) is 10.1. The van der Waals surface area contributed by atoms with Crippen molar-refractivity contribution in [3.8, 4) is 0 Å². The van der Waals surface area contributed by atoms with Gasteiger partial charge >= 0.3 is 0 Å². The molecule has 0 bridgehead atoms. The fraction of sp³-hybridized carbons (Fsp3) is 0.444. The van der Waals surface area contributed by atoms with Crippen molar-refractivity contribution in [2.75, 3.05) is 13.1 Å². The molecule has 132 valence electrons. The van der Waals surface area contributed by atoms with Crippen LogP contribution >= 0.6 is 35.3 Å². The van der Waals surface area contributed by atoms with E-state index < -0.39 is 0 Å². The summed E-state index contributed by atoms with van der Waals surface area (Å²) in [5, 5.41) is 7.82. The Hall–Kier alpha value is -1.15. The largest absolute Gasteiger partial charge is 0.357 e. The van der Waals surface area contributed by atoms with Crippen molar-refractivity contribution in [3.63, 3.8) is 0 Å². The quantitative estimate of drug-likeness (QED) is 0.387. The van der Waals surface area contributed by atoms with E-state index in [0.29, 0.717) is 12.5 Å². The van der Waals surface area contributed by atoms with Gasteiger partial charge in [0, 0.05) is 24.2 Å². The Labute approximate surface area is 166 Å². The lowest BCUT2D eigenvalue weighted by atomic mass is 10.0. The van der Waals surface area contributed by atoms with Gasteiger partial charge in [-0.1, -0.05) is 36.8 Å². The third-order valence-corrected chi connectivity index (χ3v) is 4.53. The van der Waals surface area contributed by atoms with Crippen LogP contribution in [0.1, 0.15) is 40.8 Å². The van der Waals surface area contributed by atoms with Crippen LogP contribution in [0, 0.1) is 13.8 Å². The van der Waals surface area contributed by atoms with Crippen LogP contribution < -0.4 is 10.6 Å². The van der Waals surface area contributed by atoms with Crippen molar-refractivity contribution >= 4 is 41.3 Å². The first-order valence-electron chi connectivity index (χ1n) is 8.08. The van der Waals surface area contributed by atoms with Crippen LogP contribution in [0.25, 0.3) is 0 Å². The fourth-order valence-electron chi connectivity index (χ4n) is 2.24. The highest BCUT2D eigenvalue weighted by Crippen LogP contribution is 2.15. The average molecular weight is 458 g/mol. The smallest absolute Gasteiger partial charge is 0.191 e. The molecule has 1 unspecified atom stereocenters. The summed E-state index contributed by atoms with van der Waals surface area (Å²) in [7, 11) is 0. The van der Waals surface area contributed by atoms with Crippen LogP contribution in [0.3, 0.4) is 0 Å². The lowest BCUT2D eigenvalue weighted by Gasteiger charge is -2.16. The topological polar surface area (TPSA) is 49.3 Å². The second-order valence-electron chi connectivity index (χ2n) is 5.73. The minimum absolute atomic E-state index is 0. The number of rotatable bonds is 6. The number of halogens is 1. The molecule has 0 amide bonds. The number of aromatic nitrogens is 1. The standard InChI is InChI=1S/C18H26N4S.HI/c1-5-19-18(22-12-17-11-20-15(4)23-17)21-10-14(3)16-8-6-13(2)7-9-16;/h6-9,11,14H,5,10,12H2,1-4H3,(H2,19,21,22);1H. The number of guanidine groups is 1. The maximum Gasteiger partial charge on any atom is 0.191 e. The number of aliphatic imine (C=N–C) groups is 1. The lowest BCUT2D eigenvalue weighted by Crippen LogP contribution is -2.39. The Morgan fingerprint density at radius 2 is 1.92 bits per heavy atom. The molecule has 6 heteroatoms. The molecule has 1 heterocycles. The molecule has 2 rings (SSSR count). The molecular weight excluding hydrogens is 431 g/mol. The molecule has 0 fully saturated rings. The summed E-state index contributed by atoms with van der Waals surface area (Å²) in [5.41, 5.74) is 2.64. The highest BCUT2D eigenvalue weighted by molar-refractivity contribution is 14.0. The molecule has 1 aromatic carbocycles. The first kappa shape index (κ1) is 20.9. The summed E-state index contributed by atoms with van der Waals surface area (Å²) < 4.78 is 0. The van der Waals surface area contributed by atoms with Gasteiger partial charge in [0.25, 0.3) is 0 Å². The molecule has 24 heavy (non-hydrogen) atoms. The van der Waals surface area contributed by atoms with Gasteiger partial charge in [0.2, 0.25) is 0 Å². The minimum atomic E-state index is 0. The molecule has 0 aliphatic carbocycles. The zero-order chi connectivity index (χ0) is 16.7. The maximum atomic E-state index is 4.64. The van der Waals surface area contributed by atoms with E-state index in [0.717, 1.165) is 24.1 Å². The van der Waals surface area contributed by atoms with Crippen molar-refractivity contribution in [1.29, 1.82) is 0 Å². The summed E-state index contributed by atoms with van der Waals surface area (Å²) >= 11 is 1.70. The van der Waals surface area contributed by atoms with Crippen molar-refractivity contribution in [3.05, 3.63) is 51.5 Å². The van der Waals surface area contributed by atoms with Gasteiger partial charge in [-0.25, -0.2) is 9.98 Å². The normalized spacial score (nSPS) is 12.4. The number of nitrogens with one attached hydrogen (secondary N) is 2. The number of hydrogen-bond donors (Lipinski definition) is 2. The Morgan fingerprint density at radius 1 is 1.21 bits per heavy atom. The zero-order valence-electron chi connectivity index (χ0n) is 14.8. The van der Waals surface area contributed by atoms with Crippen LogP contribution in [-0.2, 0) is 6.54 Å². The highest BCUT2D eigenvalue weighted by Gasteiger charge is 2.07. The van der Waals surface area contributed by atoms with E-state index in [1.807, 2.05) is 13.1 Å². The van der Waals surface area contributed by atoms with Gasteiger partial charge in [-0.2, -0.15) is 0 Å². The van der Waals surface area contributed by atoms with Crippen LogP contribution in [0.4, 0.5) is 0 Å². The number of thiazole rings is 1. The molecular formula is C18H27IN4S. The van der Waals surface area contributed by atoms with Crippen molar-refractivity contribution < 1.29 is 0 Å². The SMILES string of the molecule is CCNC(=NCc1cnc(C)s1)NCC(C)c1ccc(C)cc1.I. The van der Waals surface area contributed by atoms with Gasteiger partial charge < -0.3 is 10.6 Å². The maximum absolute atomic E-state index is 4.64. The number of hydrogen-bond acceptors (Lipinski definition) is 3. The Kier molecular flexibility index (Phi) is 9.28. The van der Waals surface area contributed by atoms with E-state index in [1.165, 1.54) is 16.0 Å². The molecule has 0 saturated heterocycles. The first-order valence-corrected chi connectivity index (χ1v) is 8.90. The number of benzene rings is 1. The predicted octanol–water partition coefficient (Wildman–Crippen LogP) is 4.24. The number of aryl methyl sites for hydroxylation is 2. The monoisotopic (exact) mass is 458 g/mol. The van der Waals surface area contributed by atoms with E-state index in [-0.39, 0.29) is 24.0 Å². The summed E-state index contributed by atoms with van der Waals surface area (Å²) in [6, 6.07) is 8.73. The molecule has 0 aliphatic rings. The zero-order valence-corrected chi connectivity index (χ0v) is 17.9. The van der Waals surface area contributed by atoms with Gasteiger partial charge in [-0.3, -0.25) is 0 Å². The van der Waals surface area contributed by atoms with E-state index >= 15 is 0 Å².